The van der Waals surface area contributed by atoms with Crippen LogP contribution in [0.2, 0.25) is 0 Å². The van der Waals surface area contributed by atoms with Crippen LogP contribution >= 0.6 is 0 Å². The van der Waals surface area contributed by atoms with E-state index in [1.807, 2.05) is 45.1 Å². The minimum absolute atomic E-state index is 0.0715. The smallest absolute Gasteiger partial charge is 0.249 e. The number of unbranched alkanes of at least 4 members (excludes halogenated alkanes) is 1. The minimum Gasteiger partial charge on any atom is -0.394 e. The number of likely N-dealkylation sites (tertiary alicyclic amines) is 1. The van der Waals surface area contributed by atoms with Crippen molar-refractivity contribution in [3.63, 3.8) is 0 Å². The van der Waals surface area contributed by atoms with E-state index in [1.54, 1.807) is 21.7 Å². The maximum absolute atomic E-state index is 14.1. The molecule has 4 heterocycles. The number of aliphatic hydroxyl groups excluding tert-OH is 1. The summed E-state index contributed by atoms with van der Waals surface area (Å²) < 4.78 is 6.73. The summed E-state index contributed by atoms with van der Waals surface area (Å²) in [5.74, 6) is -2.26. The largest absolute Gasteiger partial charge is 0.394 e. The third-order valence-electron chi connectivity index (χ3n) is 7.88. The molecule has 33 heavy (non-hydrogen) atoms. The molecule has 4 rings (SSSR count). The molecule has 1 spiro atoms. The van der Waals surface area contributed by atoms with Crippen molar-refractivity contribution >= 4 is 17.7 Å². The summed E-state index contributed by atoms with van der Waals surface area (Å²) in [7, 11) is 1.73. The highest BCUT2D eigenvalue weighted by Gasteiger charge is 2.75. The Labute approximate surface area is 196 Å². The number of aliphatic hydroxyl groups is 1. The van der Waals surface area contributed by atoms with E-state index < -0.39 is 35.1 Å². The molecule has 0 saturated carbocycles. The van der Waals surface area contributed by atoms with Gasteiger partial charge in [0.25, 0.3) is 0 Å². The van der Waals surface area contributed by atoms with Crippen molar-refractivity contribution in [2.24, 2.45) is 17.8 Å². The zero-order chi connectivity index (χ0) is 24.1. The van der Waals surface area contributed by atoms with Gasteiger partial charge in [-0.15, -0.1) is 0 Å². The Morgan fingerprint density at radius 3 is 2.42 bits per heavy atom. The first kappa shape index (κ1) is 24.0. The molecule has 1 N–H and O–H groups in total. The van der Waals surface area contributed by atoms with Crippen molar-refractivity contribution in [1.82, 2.24) is 14.7 Å². The Balaban J connectivity index is 1.89. The quantitative estimate of drug-likeness (QED) is 0.603. The van der Waals surface area contributed by atoms with Gasteiger partial charge in [-0.2, -0.15) is 0 Å². The van der Waals surface area contributed by atoms with Gasteiger partial charge in [0.1, 0.15) is 11.6 Å². The highest BCUT2D eigenvalue weighted by molar-refractivity contribution is 6.00. The van der Waals surface area contributed by atoms with Gasteiger partial charge in [-0.05, 0) is 19.3 Å². The highest BCUT2D eigenvalue weighted by Crippen LogP contribution is 2.58. The first-order chi connectivity index (χ1) is 15.6. The van der Waals surface area contributed by atoms with E-state index in [4.69, 9.17) is 4.74 Å². The van der Waals surface area contributed by atoms with Gasteiger partial charge in [0.2, 0.25) is 17.7 Å². The maximum Gasteiger partial charge on any atom is 0.249 e. The molecule has 2 saturated heterocycles. The lowest BCUT2D eigenvalue weighted by molar-refractivity contribution is -0.156. The standard InChI is InChI=1S/C25H37N3O5/c1-6-7-13-27-14-9-11-25-19(18-21(30)26(5)12-8-10-24(18,4)33-25)22(31)28(20(25)23(27)32)17(15-29)16(2)3/h8-11,16-20,29H,6-7,12-15H2,1-5H3/t17-,18-,19-,20?,24+,25-/m0/s1. The number of hydrogen-bond acceptors (Lipinski definition) is 5. The van der Waals surface area contributed by atoms with Crippen LogP contribution in [0, 0.1) is 17.8 Å². The molecule has 0 aliphatic carbocycles. The number of rotatable bonds is 6. The average molecular weight is 460 g/mol. The fraction of sp³-hybridized carbons (Fsp3) is 0.720. The van der Waals surface area contributed by atoms with Crippen molar-refractivity contribution in [2.45, 2.75) is 63.8 Å². The second-order valence-electron chi connectivity index (χ2n) is 10.4. The van der Waals surface area contributed by atoms with E-state index in [1.165, 1.54) is 0 Å². The van der Waals surface area contributed by atoms with Gasteiger partial charge < -0.3 is 24.5 Å². The molecule has 6 atom stereocenters. The van der Waals surface area contributed by atoms with Crippen molar-refractivity contribution in [2.75, 3.05) is 33.3 Å². The second kappa shape index (κ2) is 8.55. The summed E-state index contributed by atoms with van der Waals surface area (Å²) in [5.41, 5.74) is -2.25. The van der Waals surface area contributed by atoms with Crippen LogP contribution in [-0.2, 0) is 19.1 Å². The highest BCUT2D eigenvalue weighted by atomic mass is 16.5. The third-order valence-corrected chi connectivity index (χ3v) is 7.88. The Kier molecular flexibility index (Phi) is 6.20. The first-order valence-corrected chi connectivity index (χ1v) is 12.1. The summed E-state index contributed by atoms with van der Waals surface area (Å²) in [5, 5.41) is 10.2. The molecule has 3 amide bonds. The topological polar surface area (TPSA) is 90.4 Å². The first-order valence-electron chi connectivity index (χ1n) is 12.1. The molecule has 1 unspecified atom stereocenters. The van der Waals surface area contributed by atoms with E-state index in [9.17, 15) is 19.5 Å². The predicted molar refractivity (Wildman–Crippen MR) is 123 cm³/mol. The van der Waals surface area contributed by atoms with Crippen LogP contribution < -0.4 is 0 Å². The van der Waals surface area contributed by atoms with Crippen LogP contribution in [0.5, 0.6) is 0 Å². The predicted octanol–water partition coefficient (Wildman–Crippen LogP) is 1.20. The summed E-state index contributed by atoms with van der Waals surface area (Å²) in [6, 6.07) is -1.46. The lowest BCUT2D eigenvalue weighted by atomic mass is 9.74. The number of amides is 3. The third kappa shape index (κ3) is 3.44. The number of nitrogens with zero attached hydrogens (tertiary/aromatic N) is 3. The summed E-state index contributed by atoms with van der Waals surface area (Å²) in [6.07, 6.45) is 9.35. The van der Waals surface area contributed by atoms with Gasteiger partial charge in [0, 0.05) is 26.7 Å². The number of carbonyl (C=O) groups is 3. The SMILES string of the molecule is CCCCN1CC=C[C@]23O[C@]4(C)C=CCN(C)C(=O)[C@@H]4[C@H]2C(=O)N([C@@H](CO)C(C)C)C3C1=O. The van der Waals surface area contributed by atoms with Gasteiger partial charge in [-0.25, -0.2) is 0 Å². The van der Waals surface area contributed by atoms with Gasteiger partial charge >= 0.3 is 0 Å². The Morgan fingerprint density at radius 1 is 1.09 bits per heavy atom. The van der Waals surface area contributed by atoms with E-state index in [-0.39, 0.29) is 30.2 Å². The number of ether oxygens (including phenoxy) is 1. The van der Waals surface area contributed by atoms with Gasteiger partial charge in [-0.1, -0.05) is 51.5 Å². The molecule has 0 radical (unpaired) electrons. The van der Waals surface area contributed by atoms with Gasteiger partial charge in [0.15, 0.2) is 0 Å². The van der Waals surface area contributed by atoms with Gasteiger partial charge in [0.05, 0.1) is 30.1 Å². The molecule has 0 aromatic rings. The van der Waals surface area contributed by atoms with E-state index in [0.717, 1.165) is 12.8 Å². The fourth-order valence-corrected chi connectivity index (χ4v) is 6.16. The summed E-state index contributed by atoms with van der Waals surface area (Å²) in [4.78, 5) is 46.6. The number of likely N-dealkylation sites (N-methyl/N-ethyl adjacent to an activating group) is 1. The molecule has 0 aromatic heterocycles. The fourth-order valence-electron chi connectivity index (χ4n) is 6.16. The lowest BCUT2D eigenvalue weighted by Gasteiger charge is -2.41. The second-order valence-corrected chi connectivity index (χ2v) is 10.4. The van der Waals surface area contributed by atoms with Crippen LogP contribution in [0.3, 0.4) is 0 Å². The van der Waals surface area contributed by atoms with Crippen molar-refractivity contribution < 1.29 is 24.2 Å². The van der Waals surface area contributed by atoms with Crippen molar-refractivity contribution in [3.05, 3.63) is 24.3 Å². The van der Waals surface area contributed by atoms with Crippen LogP contribution in [0.1, 0.15) is 40.5 Å². The minimum atomic E-state index is -1.25. The number of carbonyl (C=O) groups excluding carboxylic acids is 3. The zero-order valence-corrected chi connectivity index (χ0v) is 20.4. The van der Waals surface area contributed by atoms with E-state index in [2.05, 4.69) is 6.92 Å². The number of hydrogen-bond donors (Lipinski definition) is 1. The normalized spacial score (nSPS) is 36.8. The molecule has 4 aliphatic rings. The van der Waals surface area contributed by atoms with Crippen molar-refractivity contribution in [1.29, 1.82) is 0 Å². The molecule has 2 fully saturated rings. The van der Waals surface area contributed by atoms with Crippen molar-refractivity contribution in [3.8, 4) is 0 Å². The molecular formula is C25H37N3O5. The Hall–Kier alpha value is -2.19. The Bertz CT molecular complexity index is 885. The van der Waals surface area contributed by atoms with Crippen LogP contribution in [0.4, 0.5) is 0 Å². The molecule has 0 aromatic carbocycles. The molecular weight excluding hydrogens is 422 g/mol. The monoisotopic (exact) mass is 459 g/mol. The summed E-state index contributed by atoms with van der Waals surface area (Å²) >= 11 is 0. The molecule has 182 valence electrons. The van der Waals surface area contributed by atoms with Crippen LogP contribution in [0.25, 0.3) is 0 Å². The summed E-state index contributed by atoms with van der Waals surface area (Å²) in [6.45, 7) is 8.99. The number of fused-ring (bicyclic) bond motifs is 2. The zero-order valence-electron chi connectivity index (χ0n) is 20.4. The lowest BCUT2D eigenvalue weighted by Crippen LogP contribution is -2.59. The van der Waals surface area contributed by atoms with Gasteiger partial charge in [-0.3, -0.25) is 14.4 Å². The molecule has 8 nitrogen and oxygen atoms in total. The Morgan fingerprint density at radius 2 is 1.79 bits per heavy atom. The maximum atomic E-state index is 14.1. The average Bonchev–Trinajstić information content (AvgIpc) is 3.04. The van der Waals surface area contributed by atoms with Crippen LogP contribution in [-0.4, -0.2) is 94.1 Å². The molecule has 0 bridgehead atoms. The van der Waals surface area contributed by atoms with Crippen LogP contribution in [0.15, 0.2) is 24.3 Å². The van der Waals surface area contributed by atoms with E-state index in [0.29, 0.717) is 19.6 Å². The van der Waals surface area contributed by atoms with E-state index >= 15 is 0 Å². The molecule has 4 aliphatic heterocycles. The molecule has 8 heteroatoms.